The van der Waals surface area contributed by atoms with E-state index in [9.17, 15) is 4.79 Å². The van der Waals surface area contributed by atoms with Gasteiger partial charge in [-0.2, -0.15) is 0 Å². The molecule has 1 aliphatic heterocycles. The maximum absolute atomic E-state index is 12.5. The molecule has 0 spiro atoms. The Balaban J connectivity index is 2.05. The van der Waals surface area contributed by atoms with Gasteiger partial charge in [0.05, 0.1) is 0 Å². The third kappa shape index (κ3) is 3.77. The van der Waals surface area contributed by atoms with Crippen molar-refractivity contribution in [2.24, 2.45) is 5.92 Å². The molecule has 1 fully saturated rings. The van der Waals surface area contributed by atoms with Gasteiger partial charge in [0.2, 0.25) is 0 Å². The van der Waals surface area contributed by atoms with Crippen LogP contribution in [0.4, 0.5) is 0 Å². The van der Waals surface area contributed by atoms with E-state index in [-0.39, 0.29) is 11.9 Å². The van der Waals surface area contributed by atoms with Crippen LogP contribution < -0.4 is 5.32 Å². The van der Waals surface area contributed by atoms with Crippen molar-refractivity contribution in [2.75, 3.05) is 19.6 Å². The highest BCUT2D eigenvalue weighted by atomic mass is 16.2. The van der Waals surface area contributed by atoms with Crippen molar-refractivity contribution in [3.05, 3.63) is 30.1 Å². The van der Waals surface area contributed by atoms with Gasteiger partial charge in [0.25, 0.3) is 5.91 Å². The highest BCUT2D eigenvalue weighted by Gasteiger charge is 2.23. The maximum Gasteiger partial charge on any atom is 0.254 e. The zero-order chi connectivity index (χ0) is 13.7. The fraction of sp³-hybridized carbons (Fsp3) is 0.600. The summed E-state index contributed by atoms with van der Waals surface area (Å²) >= 11 is 0. The van der Waals surface area contributed by atoms with E-state index in [4.69, 9.17) is 0 Å². The zero-order valence-corrected chi connectivity index (χ0v) is 11.8. The van der Waals surface area contributed by atoms with Crippen molar-refractivity contribution in [1.29, 1.82) is 0 Å². The first-order valence-corrected chi connectivity index (χ1v) is 7.10. The van der Waals surface area contributed by atoms with Crippen LogP contribution in [0.5, 0.6) is 0 Å². The molecule has 1 saturated heterocycles. The first kappa shape index (κ1) is 14.0. The number of pyridine rings is 1. The number of hydrogen-bond donors (Lipinski definition) is 1. The lowest BCUT2D eigenvalue weighted by Crippen LogP contribution is -2.42. The van der Waals surface area contributed by atoms with Crippen LogP contribution >= 0.6 is 0 Å². The molecule has 104 valence electrons. The van der Waals surface area contributed by atoms with Gasteiger partial charge in [-0.25, -0.2) is 0 Å². The van der Waals surface area contributed by atoms with E-state index >= 15 is 0 Å². The van der Waals surface area contributed by atoms with Crippen LogP contribution in [-0.4, -0.2) is 41.5 Å². The van der Waals surface area contributed by atoms with E-state index in [0.717, 1.165) is 38.0 Å². The summed E-state index contributed by atoms with van der Waals surface area (Å²) in [6, 6.07) is 3.82. The van der Waals surface area contributed by atoms with Crippen molar-refractivity contribution in [2.45, 2.75) is 32.7 Å². The maximum atomic E-state index is 12.5. The summed E-state index contributed by atoms with van der Waals surface area (Å²) in [6.45, 7) is 7.17. The smallest absolute Gasteiger partial charge is 0.254 e. The Labute approximate surface area is 115 Å². The minimum atomic E-state index is 0.121. The van der Waals surface area contributed by atoms with Gasteiger partial charge >= 0.3 is 0 Å². The second-order valence-corrected chi connectivity index (χ2v) is 5.48. The number of nitrogens with zero attached hydrogens (tertiary/aromatic N) is 2. The highest BCUT2D eigenvalue weighted by Crippen LogP contribution is 2.17. The molecule has 0 saturated carbocycles. The van der Waals surface area contributed by atoms with E-state index in [1.54, 1.807) is 24.5 Å². The summed E-state index contributed by atoms with van der Waals surface area (Å²) in [5.74, 6) is 0.741. The number of hydrogen-bond acceptors (Lipinski definition) is 3. The van der Waals surface area contributed by atoms with Gasteiger partial charge in [-0.15, -0.1) is 0 Å². The number of carbonyl (C=O) groups is 1. The van der Waals surface area contributed by atoms with Crippen molar-refractivity contribution < 1.29 is 4.79 Å². The van der Waals surface area contributed by atoms with Crippen LogP contribution in [0.3, 0.4) is 0 Å². The molecule has 4 nitrogen and oxygen atoms in total. The molecular formula is C15H23N3O. The predicted octanol–water partition coefficient (Wildman–Crippen LogP) is 1.93. The largest absolute Gasteiger partial charge is 0.336 e. The normalized spacial score (nSPS) is 16.6. The van der Waals surface area contributed by atoms with E-state index in [0.29, 0.717) is 5.92 Å². The number of carbonyl (C=O) groups excluding carboxylic acids is 1. The van der Waals surface area contributed by atoms with Crippen LogP contribution in [0.2, 0.25) is 0 Å². The molecule has 1 aliphatic rings. The topological polar surface area (TPSA) is 45.2 Å². The number of aromatic nitrogens is 1. The van der Waals surface area contributed by atoms with Crippen LogP contribution in [0.1, 0.15) is 37.0 Å². The zero-order valence-electron chi connectivity index (χ0n) is 11.8. The molecule has 0 radical (unpaired) electrons. The van der Waals surface area contributed by atoms with Crippen molar-refractivity contribution in [3.63, 3.8) is 0 Å². The SMILES string of the molecule is CC(C)N(CC1CCNCC1)C(=O)c1ccncc1. The molecule has 2 heterocycles. The minimum Gasteiger partial charge on any atom is -0.336 e. The third-order valence-corrected chi connectivity index (χ3v) is 3.73. The summed E-state index contributed by atoms with van der Waals surface area (Å²) in [4.78, 5) is 18.5. The van der Waals surface area contributed by atoms with E-state index in [1.165, 1.54) is 0 Å². The van der Waals surface area contributed by atoms with Gasteiger partial charge in [0.15, 0.2) is 0 Å². The van der Waals surface area contributed by atoms with Gasteiger partial charge in [-0.05, 0) is 57.8 Å². The molecule has 1 amide bonds. The molecule has 19 heavy (non-hydrogen) atoms. The lowest BCUT2D eigenvalue weighted by atomic mass is 9.96. The number of nitrogens with one attached hydrogen (secondary N) is 1. The Morgan fingerprint density at radius 3 is 2.58 bits per heavy atom. The van der Waals surface area contributed by atoms with Crippen LogP contribution in [0.25, 0.3) is 0 Å². The molecular weight excluding hydrogens is 238 g/mol. The van der Waals surface area contributed by atoms with Gasteiger partial charge in [0, 0.05) is 30.5 Å². The Morgan fingerprint density at radius 2 is 2.00 bits per heavy atom. The minimum absolute atomic E-state index is 0.121. The lowest BCUT2D eigenvalue weighted by Gasteiger charge is -2.33. The predicted molar refractivity (Wildman–Crippen MR) is 76.0 cm³/mol. The van der Waals surface area contributed by atoms with E-state index in [1.807, 2.05) is 4.90 Å². The molecule has 0 atom stereocenters. The third-order valence-electron chi connectivity index (χ3n) is 3.73. The highest BCUT2D eigenvalue weighted by molar-refractivity contribution is 5.94. The second-order valence-electron chi connectivity index (χ2n) is 5.48. The second kappa shape index (κ2) is 6.66. The van der Waals surface area contributed by atoms with Gasteiger partial charge < -0.3 is 10.2 Å². The number of piperidine rings is 1. The van der Waals surface area contributed by atoms with Crippen LogP contribution in [0, 0.1) is 5.92 Å². The Bertz CT molecular complexity index is 399. The quantitative estimate of drug-likeness (QED) is 0.901. The fourth-order valence-electron chi connectivity index (χ4n) is 2.53. The standard InChI is InChI=1S/C15H23N3O/c1-12(2)18(11-13-3-7-16-8-4-13)15(19)14-5-9-17-10-6-14/h5-6,9-10,12-13,16H,3-4,7-8,11H2,1-2H3. The Morgan fingerprint density at radius 1 is 1.37 bits per heavy atom. The molecule has 1 N–H and O–H groups in total. The molecule has 0 aliphatic carbocycles. The van der Waals surface area contributed by atoms with E-state index < -0.39 is 0 Å². The first-order valence-electron chi connectivity index (χ1n) is 7.10. The van der Waals surface area contributed by atoms with Crippen molar-refractivity contribution in [1.82, 2.24) is 15.2 Å². The summed E-state index contributed by atoms with van der Waals surface area (Å²) in [7, 11) is 0. The van der Waals surface area contributed by atoms with E-state index in [2.05, 4.69) is 24.1 Å². The summed E-state index contributed by atoms with van der Waals surface area (Å²) in [6.07, 6.45) is 5.67. The lowest BCUT2D eigenvalue weighted by molar-refractivity contribution is 0.0658. The molecule has 1 aromatic heterocycles. The van der Waals surface area contributed by atoms with Crippen LogP contribution in [0.15, 0.2) is 24.5 Å². The summed E-state index contributed by atoms with van der Waals surface area (Å²) in [5.41, 5.74) is 0.734. The Kier molecular flexibility index (Phi) is 4.91. The molecule has 4 heteroatoms. The molecule has 2 rings (SSSR count). The van der Waals surface area contributed by atoms with Crippen molar-refractivity contribution >= 4 is 5.91 Å². The average Bonchev–Trinajstić information content (AvgIpc) is 2.46. The fourth-order valence-corrected chi connectivity index (χ4v) is 2.53. The summed E-state index contributed by atoms with van der Waals surface area (Å²) < 4.78 is 0. The first-order chi connectivity index (χ1) is 9.18. The Hall–Kier alpha value is -1.42. The van der Waals surface area contributed by atoms with Gasteiger partial charge in [-0.1, -0.05) is 0 Å². The molecule has 0 aromatic carbocycles. The number of rotatable bonds is 4. The van der Waals surface area contributed by atoms with Crippen molar-refractivity contribution in [3.8, 4) is 0 Å². The monoisotopic (exact) mass is 261 g/mol. The van der Waals surface area contributed by atoms with Crippen LogP contribution in [-0.2, 0) is 0 Å². The van der Waals surface area contributed by atoms with Gasteiger partial charge in [-0.3, -0.25) is 9.78 Å². The summed E-state index contributed by atoms with van der Waals surface area (Å²) in [5, 5.41) is 3.37. The molecule has 1 aromatic rings. The molecule has 0 bridgehead atoms. The average molecular weight is 261 g/mol. The van der Waals surface area contributed by atoms with Gasteiger partial charge in [0.1, 0.15) is 0 Å². The molecule has 0 unspecified atom stereocenters. The number of amides is 1.